The molecule has 0 radical (unpaired) electrons. The highest BCUT2D eigenvalue weighted by Crippen LogP contribution is 1.62. The molecular formula is C6H16N2O3. The highest BCUT2D eigenvalue weighted by atomic mass is 16.9. The van der Waals surface area contributed by atoms with Gasteiger partial charge in [-0.3, -0.25) is 0 Å². The van der Waals surface area contributed by atoms with Crippen LogP contribution in [0.25, 0.3) is 0 Å². The summed E-state index contributed by atoms with van der Waals surface area (Å²) in [6.45, 7) is 7.03. The van der Waals surface area contributed by atoms with Gasteiger partial charge in [0.2, 0.25) is 0 Å². The van der Waals surface area contributed by atoms with E-state index in [2.05, 4.69) is 19.2 Å². The van der Waals surface area contributed by atoms with Crippen molar-refractivity contribution in [3.8, 4) is 0 Å². The van der Waals surface area contributed by atoms with Gasteiger partial charge in [0, 0.05) is 0 Å². The third-order valence-electron chi connectivity index (χ3n) is 0.986. The van der Waals surface area contributed by atoms with E-state index >= 15 is 0 Å². The molecule has 0 aliphatic heterocycles. The van der Waals surface area contributed by atoms with Crippen LogP contribution in [0.3, 0.4) is 0 Å². The molecule has 0 rings (SSSR count). The van der Waals surface area contributed by atoms with Gasteiger partial charge in [0.05, 0.1) is 18.2 Å². The molecule has 0 aromatic carbocycles. The van der Waals surface area contributed by atoms with E-state index in [4.69, 9.17) is 15.3 Å². The maximum atomic E-state index is 8.25. The third-order valence-corrected chi connectivity index (χ3v) is 0.986. The second kappa shape index (κ2) is 11.9. The monoisotopic (exact) mass is 164 g/mol. The minimum Gasteiger partial charge on any atom is -0.356 e. The molecule has 0 saturated heterocycles. The van der Waals surface area contributed by atoms with E-state index < -0.39 is 5.09 Å². The van der Waals surface area contributed by atoms with Crippen molar-refractivity contribution >= 4 is 0 Å². The Hall–Kier alpha value is -0.840. The topological polar surface area (TPSA) is 82.8 Å². The maximum absolute atomic E-state index is 8.25. The van der Waals surface area contributed by atoms with Crippen molar-refractivity contribution in [1.29, 1.82) is 0 Å². The fourth-order valence-electron chi connectivity index (χ4n) is 0.553. The molecule has 68 valence electrons. The molecule has 11 heavy (non-hydrogen) atoms. The standard InChI is InChI=1S/C6H15N.NO3/c1-3-5-7-6-4-2;2-1(3)4/h7H,3-6H2,1-2H3;/q;-1/p+1. The van der Waals surface area contributed by atoms with Crippen LogP contribution in [0.2, 0.25) is 0 Å². The molecular weight excluding hydrogens is 148 g/mol. The number of hydrogen-bond acceptors (Lipinski definition) is 3. The Morgan fingerprint density at radius 2 is 1.45 bits per heavy atom. The van der Waals surface area contributed by atoms with Gasteiger partial charge in [-0.05, 0) is 12.8 Å². The predicted octanol–water partition coefficient (Wildman–Crippen LogP) is 0.131. The highest BCUT2D eigenvalue weighted by Gasteiger charge is 1.80. The van der Waals surface area contributed by atoms with E-state index in [1.54, 1.807) is 0 Å². The first kappa shape index (κ1) is 12.8. The molecule has 0 amide bonds. The van der Waals surface area contributed by atoms with Gasteiger partial charge in [-0.15, -0.1) is 0 Å². The van der Waals surface area contributed by atoms with E-state index in [9.17, 15) is 0 Å². The summed E-state index contributed by atoms with van der Waals surface area (Å²) in [5.41, 5.74) is 0. The molecule has 0 aromatic rings. The Morgan fingerprint density at radius 3 is 1.64 bits per heavy atom. The van der Waals surface area contributed by atoms with Crippen LogP contribution in [0.5, 0.6) is 0 Å². The summed E-state index contributed by atoms with van der Waals surface area (Å²) in [6.07, 6.45) is 2.61. The number of rotatable bonds is 4. The molecule has 0 fully saturated rings. The zero-order valence-corrected chi connectivity index (χ0v) is 7.08. The quantitative estimate of drug-likeness (QED) is 0.364. The first-order chi connectivity index (χ1) is 5.15. The first-order valence-corrected chi connectivity index (χ1v) is 3.78. The van der Waals surface area contributed by atoms with Gasteiger partial charge in [0.25, 0.3) is 0 Å². The SMILES string of the molecule is CCC[NH2+]CCC.O=[N+]([O-])[O-]. The van der Waals surface area contributed by atoms with Crippen molar-refractivity contribution in [3.05, 3.63) is 15.3 Å². The number of quaternary nitrogens is 1. The predicted molar refractivity (Wildman–Crippen MR) is 42.6 cm³/mol. The maximum Gasteiger partial charge on any atom is 0.0752 e. The molecule has 0 aliphatic rings. The lowest BCUT2D eigenvalue weighted by Crippen LogP contribution is -2.84. The Labute approximate surface area is 66.5 Å². The van der Waals surface area contributed by atoms with E-state index in [1.165, 1.54) is 25.9 Å². The molecule has 0 aliphatic carbocycles. The Morgan fingerprint density at radius 1 is 1.18 bits per heavy atom. The summed E-state index contributed by atoms with van der Waals surface area (Å²) in [5, 5.41) is 17.1. The van der Waals surface area contributed by atoms with Gasteiger partial charge >= 0.3 is 0 Å². The number of nitrogens with two attached hydrogens (primary N) is 1. The molecule has 0 spiro atoms. The summed E-state index contributed by atoms with van der Waals surface area (Å²) < 4.78 is 0. The molecule has 0 bridgehead atoms. The number of hydrogen-bond donors (Lipinski definition) is 1. The smallest absolute Gasteiger partial charge is 0.0752 e. The molecule has 2 N–H and O–H groups in total. The molecule has 0 saturated carbocycles. The Bertz CT molecular complexity index is 79.9. The molecule has 0 unspecified atom stereocenters. The first-order valence-electron chi connectivity index (χ1n) is 3.78. The summed E-state index contributed by atoms with van der Waals surface area (Å²) in [7, 11) is 0. The number of nitrogens with zero attached hydrogens (tertiary/aromatic N) is 1. The van der Waals surface area contributed by atoms with Crippen LogP contribution in [-0.4, -0.2) is 18.2 Å². The van der Waals surface area contributed by atoms with Crippen LogP contribution >= 0.6 is 0 Å². The van der Waals surface area contributed by atoms with Gasteiger partial charge in [-0.2, -0.15) is 0 Å². The minimum absolute atomic E-state index is 1.30. The van der Waals surface area contributed by atoms with Crippen LogP contribution in [0, 0.1) is 15.3 Å². The fraction of sp³-hybridized carbons (Fsp3) is 1.00. The van der Waals surface area contributed by atoms with E-state index in [0.29, 0.717) is 0 Å². The zero-order chi connectivity index (χ0) is 9.11. The van der Waals surface area contributed by atoms with Crippen LogP contribution in [-0.2, 0) is 0 Å². The molecule has 0 atom stereocenters. The lowest BCUT2D eigenvalue weighted by atomic mass is 10.4. The summed E-state index contributed by atoms with van der Waals surface area (Å²) >= 11 is 0. The van der Waals surface area contributed by atoms with Crippen LogP contribution in [0.4, 0.5) is 0 Å². The lowest BCUT2D eigenvalue weighted by Gasteiger charge is -1.92. The highest BCUT2D eigenvalue weighted by molar-refractivity contribution is 4.17. The van der Waals surface area contributed by atoms with Crippen molar-refractivity contribution in [3.63, 3.8) is 0 Å². The van der Waals surface area contributed by atoms with Crippen LogP contribution < -0.4 is 5.32 Å². The van der Waals surface area contributed by atoms with Crippen molar-refractivity contribution < 1.29 is 10.4 Å². The average Bonchev–Trinajstić information content (AvgIpc) is 1.88. The van der Waals surface area contributed by atoms with E-state index in [-0.39, 0.29) is 0 Å². The van der Waals surface area contributed by atoms with E-state index in [1.807, 2.05) is 0 Å². The lowest BCUT2D eigenvalue weighted by molar-refractivity contribution is -0.654. The van der Waals surface area contributed by atoms with Gasteiger partial charge in [0.15, 0.2) is 0 Å². The Kier molecular flexibility index (Phi) is 13.8. The van der Waals surface area contributed by atoms with Crippen LogP contribution in [0.15, 0.2) is 0 Å². The fourth-order valence-corrected chi connectivity index (χ4v) is 0.553. The molecule has 5 nitrogen and oxygen atoms in total. The van der Waals surface area contributed by atoms with Crippen molar-refractivity contribution in [2.45, 2.75) is 26.7 Å². The molecule has 5 heteroatoms. The van der Waals surface area contributed by atoms with Crippen LogP contribution in [0.1, 0.15) is 26.7 Å². The van der Waals surface area contributed by atoms with Gasteiger partial charge in [0.1, 0.15) is 0 Å². The third kappa shape index (κ3) is 47.0. The zero-order valence-electron chi connectivity index (χ0n) is 7.08. The Balaban J connectivity index is 0. The van der Waals surface area contributed by atoms with Gasteiger partial charge in [-0.25, -0.2) is 0 Å². The second-order valence-electron chi connectivity index (χ2n) is 2.09. The van der Waals surface area contributed by atoms with Gasteiger partial charge in [-0.1, -0.05) is 13.8 Å². The molecule has 0 heterocycles. The minimum atomic E-state index is -1.75. The van der Waals surface area contributed by atoms with Crippen molar-refractivity contribution in [2.75, 3.05) is 13.1 Å². The van der Waals surface area contributed by atoms with Gasteiger partial charge < -0.3 is 20.6 Å². The van der Waals surface area contributed by atoms with Crippen molar-refractivity contribution in [1.82, 2.24) is 0 Å². The van der Waals surface area contributed by atoms with Crippen molar-refractivity contribution in [2.24, 2.45) is 0 Å². The molecule has 0 aromatic heterocycles. The average molecular weight is 164 g/mol. The summed E-state index contributed by atoms with van der Waals surface area (Å²) in [6, 6.07) is 0. The summed E-state index contributed by atoms with van der Waals surface area (Å²) in [5.74, 6) is 0. The summed E-state index contributed by atoms with van der Waals surface area (Å²) in [4.78, 5) is 8.25. The second-order valence-corrected chi connectivity index (χ2v) is 2.09. The van der Waals surface area contributed by atoms with E-state index in [0.717, 1.165) is 0 Å². The largest absolute Gasteiger partial charge is 0.356 e. The normalized spacial score (nSPS) is 8.18.